The Morgan fingerprint density at radius 3 is 2.61 bits per heavy atom. The highest BCUT2D eigenvalue weighted by molar-refractivity contribution is 5.90. The summed E-state index contributed by atoms with van der Waals surface area (Å²) in [6.07, 6.45) is 8.37. The van der Waals surface area contributed by atoms with E-state index in [2.05, 4.69) is 58.5 Å². The van der Waals surface area contributed by atoms with Gasteiger partial charge in [0.1, 0.15) is 11.7 Å². The molecule has 0 saturated carbocycles. The number of carbonyl (C=O) groups excluding carboxylic acids is 2. The molecule has 8 heteroatoms. The Labute approximate surface area is 224 Å². The largest absolute Gasteiger partial charge is 0.381 e. The Hall–Kier alpha value is -3.23. The predicted molar refractivity (Wildman–Crippen MR) is 148 cm³/mol. The minimum atomic E-state index is -0.563. The molecule has 2 amide bonds. The van der Waals surface area contributed by atoms with Crippen molar-refractivity contribution in [2.24, 2.45) is 5.92 Å². The summed E-state index contributed by atoms with van der Waals surface area (Å²) in [6, 6.07) is 11.7. The van der Waals surface area contributed by atoms with Crippen molar-refractivity contribution < 1.29 is 14.3 Å². The maximum absolute atomic E-state index is 14.1. The van der Waals surface area contributed by atoms with E-state index in [0.717, 1.165) is 54.6 Å². The van der Waals surface area contributed by atoms with Crippen LogP contribution in [0.15, 0.2) is 48.8 Å². The van der Waals surface area contributed by atoms with E-state index in [1.165, 1.54) is 5.56 Å². The third-order valence-corrected chi connectivity index (χ3v) is 8.18. The number of rotatable bonds is 8. The van der Waals surface area contributed by atoms with Crippen molar-refractivity contribution in [2.45, 2.75) is 64.1 Å². The van der Waals surface area contributed by atoms with Gasteiger partial charge in [-0.3, -0.25) is 9.59 Å². The third kappa shape index (κ3) is 5.33. The molecular weight excluding hydrogens is 478 g/mol. The fourth-order valence-electron chi connectivity index (χ4n) is 5.69. The lowest BCUT2D eigenvalue weighted by molar-refractivity contribution is -0.140. The molecular formula is C30H39N5O3. The van der Waals surface area contributed by atoms with E-state index in [4.69, 9.17) is 9.72 Å². The summed E-state index contributed by atoms with van der Waals surface area (Å²) in [5.74, 6) is -0.104. The van der Waals surface area contributed by atoms with Crippen molar-refractivity contribution in [3.8, 4) is 11.1 Å². The van der Waals surface area contributed by atoms with E-state index in [1.54, 1.807) is 7.05 Å². The van der Waals surface area contributed by atoms with Crippen LogP contribution in [0.2, 0.25) is 0 Å². The van der Waals surface area contributed by atoms with Gasteiger partial charge in [0.15, 0.2) is 0 Å². The standard InChI is InChI=1S/C30H39N5O3/c1-4-21-9-11-22(12-10-21)24-7-5-15-34-19-25(32-28(24)34)26-8-6-16-35(26)30(37)27(23-13-17-38-18-14-23)33-29(36)20(2)31-3/h5,7,9-12,15,19-20,23,26-27,31H,4,6,8,13-14,16-18H2,1-3H3,(H,33,36)/t20-,26-,27-/m0/s1. The zero-order valence-electron chi connectivity index (χ0n) is 22.7. The number of aryl methyl sites for hydroxylation is 1. The fourth-order valence-corrected chi connectivity index (χ4v) is 5.69. The predicted octanol–water partition coefficient (Wildman–Crippen LogP) is 3.75. The number of pyridine rings is 1. The molecule has 2 N–H and O–H groups in total. The summed E-state index contributed by atoms with van der Waals surface area (Å²) in [6.45, 7) is 5.86. The van der Waals surface area contributed by atoms with E-state index in [-0.39, 0.29) is 29.8 Å². The molecule has 0 aliphatic carbocycles. The lowest BCUT2D eigenvalue weighted by Gasteiger charge is -2.35. The van der Waals surface area contributed by atoms with Crippen LogP contribution in [-0.2, 0) is 20.7 Å². The summed E-state index contributed by atoms with van der Waals surface area (Å²) >= 11 is 0. The van der Waals surface area contributed by atoms with Crippen LogP contribution >= 0.6 is 0 Å². The number of imidazole rings is 1. The van der Waals surface area contributed by atoms with Gasteiger partial charge in [-0.2, -0.15) is 0 Å². The Morgan fingerprint density at radius 1 is 1.13 bits per heavy atom. The smallest absolute Gasteiger partial charge is 0.246 e. The lowest BCUT2D eigenvalue weighted by atomic mass is 9.90. The van der Waals surface area contributed by atoms with Crippen LogP contribution in [-0.4, -0.2) is 65.0 Å². The summed E-state index contributed by atoms with van der Waals surface area (Å²) in [4.78, 5) is 33.9. The van der Waals surface area contributed by atoms with E-state index < -0.39 is 6.04 Å². The molecule has 0 unspecified atom stereocenters. The highest BCUT2D eigenvalue weighted by Crippen LogP contribution is 2.35. The van der Waals surface area contributed by atoms with Crippen LogP contribution in [0.3, 0.4) is 0 Å². The molecule has 2 aliphatic heterocycles. The second kappa shape index (κ2) is 11.7. The molecule has 3 aromatic rings. The molecule has 4 heterocycles. The molecule has 38 heavy (non-hydrogen) atoms. The van der Waals surface area contributed by atoms with Gasteiger partial charge < -0.3 is 24.7 Å². The topological polar surface area (TPSA) is 88.0 Å². The minimum Gasteiger partial charge on any atom is -0.381 e. The number of likely N-dealkylation sites (N-methyl/N-ethyl adjacent to an activating group) is 1. The van der Waals surface area contributed by atoms with Crippen LogP contribution < -0.4 is 10.6 Å². The first-order valence-electron chi connectivity index (χ1n) is 13.9. The Kier molecular flexibility index (Phi) is 8.09. The van der Waals surface area contributed by atoms with Crippen molar-refractivity contribution in [2.75, 3.05) is 26.8 Å². The molecule has 0 spiro atoms. The maximum atomic E-state index is 14.1. The van der Waals surface area contributed by atoms with Gasteiger partial charge in [0.05, 0.1) is 17.8 Å². The number of ether oxygens (including phenoxy) is 1. The van der Waals surface area contributed by atoms with Crippen LogP contribution in [0.25, 0.3) is 16.8 Å². The van der Waals surface area contributed by atoms with Crippen LogP contribution in [0.4, 0.5) is 0 Å². The van der Waals surface area contributed by atoms with E-state index in [9.17, 15) is 9.59 Å². The SMILES string of the molecule is CCc1ccc(-c2cccn3cc([C@@H]4CCCN4C(=O)[C@@H](NC(=O)[C@H](C)NC)C4CCOCC4)nc23)cc1. The van der Waals surface area contributed by atoms with E-state index in [1.807, 2.05) is 24.1 Å². The van der Waals surface area contributed by atoms with Gasteiger partial charge >= 0.3 is 0 Å². The first kappa shape index (κ1) is 26.4. The molecule has 5 rings (SSSR count). The van der Waals surface area contributed by atoms with Gasteiger partial charge in [-0.15, -0.1) is 0 Å². The molecule has 3 atom stereocenters. The highest BCUT2D eigenvalue weighted by atomic mass is 16.5. The number of benzene rings is 1. The molecule has 202 valence electrons. The van der Waals surface area contributed by atoms with Crippen molar-refractivity contribution in [1.82, 2.24) is 24.9 Å². The zero-order chi connectivity index (χ0) is 26.6. The second-order valence-electron chi connectivity index (χ2n) is 10.5. The fraction of sp³-hybridized carbons (Fsp3) is 0.500. The monoisotopic (exact) mass is 517 g/mol. The normalized spacial score (nSPS) is 20.0. The average molecular weight is 518 g/mol. The summed E-state index contributed by atoms with van der Waals surface area (Å²) in [5.41, 5.74) is 5.30. The zero-order valence-corrected chi connectivity index (χ0v) is 22.7. The number of hydrogen-bond acceptors (Lipinski definition) is 5. The first-order chi connectivity index (χ1) is 18.5. The Morgan fingerprint density at radius 2 is 1.89 bits per heavy atom. The Bertz CT molecular complexity index is 1260. The van der Waals surface area contributed by atoms with Crippen LogP contribution in [0.1, 0.15) is 56.8 Å². The van der Waals surface area contributed by atoms with Crippen molar-refractivity contribution in [1.29, 1.82) is 0 Å². The molecule has 2 saturated heterocycles. The van der Waals surface area contributed by atoms with Crippen LogP contribution in [0.5, 0.6) is 0 Å². The number of fused-ring (bicyclic) bond motifs is 1. The van der Waals surface area contributed by atoms with Crippen LogP contribution in [0, 0.1) is 5.92 Å². The summed E-state index contributed by atoms with van der Waals surface area (Å²) in [7, 11) is 1.75. The van der Waals surface area contributed by atoms with Gasteiger partial charge in [0.2, 0.25) is 11.8 Å². The third-order valence-electron chi connectivity index (χ3n) is 8.18. The quantitative estimate of drug-likeness (QED) is 0.475. The van der Waals surface area contributed by atoms with Crippen molar-refractivity contribution in [3.63, 3.8) is 0 Å². The van der Waals surface area contributed by atoms with Gasteiger partial charge in [0, 0.05) is 37.7 Å². The van der Waals surface area contributed by atoms with Gasteiger partial charge in [-0.1, -0.05) is 31.2 Å². The Balaban J connectivity index is 1.43. The lowest BCUT2D eigenvalue weighted by Crippen LogP contribution is -2.56. The molecule has 2 aliphatic rings. The number of likely N-dealkylation sites (tertiary alicyclic amines) is 1. The number of aromatic nitrogens is 2. The van der Waals surface area contributed by atoms with Gasteiger partial charge in [-0.25, -0.2) is 4.98 Å². The number of amides is 2. The molecule has 8 nitrogen and oxygen atoms in total. The molecule has 1 aromatic carbocycles. The van der Waals surface area contributed by atoms with Gasteiger partial charge in [0.25, 0.3) is 0 Å². The molecule has 0 radical (unpaired) electrons. The molecule has 0 bridgehead atoms. The molecule has 2 fully saturated rings. The van der Waals surface area contributed by atoms with E-state index >= 15 is 0 Å². The number of carbonyl (C=O) groups is 2. The maximum Gasteiger partial charge on any atom is 0.246 e. The first-order valence-corrected chi connectivity index (χ1v) is 13.9. The van der Waals surface area contributed by atoms with Crippen molar-refractivity contribution in [3.05, 3.63) is 60.0 Å². The van der Waals surface area contributed by atoms with Crippen molar-refractivity contribution >= 4 is 17.5 Å². The summed E-state index contributed by atoms with van der Waals surface area (Å²) in [5, 5.41) is 6.06. The number of nitrogens with one attached hydrogen (secondary N) is 2. The van der Waals surface area contributed by atoms with E-state index in [0.29, 0.717) is 19.8 Å². The van der Waals surface area contributed by atoms with Gasteiger partial charge in [-0.05, 0) is 75.3 Å². The number of nitrogens with zero attached hydrogens (tertiary/aromatic N) is 3. The molecule has 2 aromatic heterocycles. The minimum absolute atomic E-state index is 0.0107. The summed E-state index contributed by atoms with van der Waals surface area (Å²) < 4.78 is 7.61. The number of hydrogen-bond donors (Lipinski definition) is 2. The second-order valence-corrected chi connectivity index (χ2v) is 10.5. The average Bonchev–Trinajstić information content (AvgIpc) is 3.63. The highest BCUT2D eigenvalue weighted by Gasteiger charge is 2.40.